The van der Waals surface area contributed by atoms with Crippen LogP contribution in [0.3, 0.4) is 0 Å². The fourth-order valence-electron chi connectivity index (χ4n) is 1.91. The number of amides is 1. The second-order valence-corrected chi connectivity index (χ2v) is 5.31. The molecule has 0 saturated heterocycles. The van der Waals surface area contributed by atoms with Gasteiger partial charge in [0.25, 0.3) is 0 Å². The quantitative estimate of drug-likeness (QED) is 0.521. The molecule has 0 bridgehead atoms. The highest BCUT2D eigenvalue weighted by Gasteiger charge is 2.36. The monoisotopic (exact) mass is 361 g/mol. The van der Waals surface area contributed by atoms with Crippen LogP contribution in [0.15, 0.2) is 24.3 Å². The normalized spacial score (nSPS) is 12.3. The van der Waals surface area contributed by atoms with E-state index in [1.54, 1.807) is 24.3 Å². The summed E-state index contributed by atoms with van der Waals surface area (Å²) in [5.41, 5.74) is 0.524. The standard InChI is InChI=1S/C16H18F3NO5/c1-10(21)11-4-6-12(7-5-11)25-8-2-3-14(22)20-13(15(23)24)9-16(17,18)19/h4-7,13H,2-3,8-9H2,1H3,(H,20,22)(H,23,24). The Kier molecular flexibility index (Phi) is 7.41. The largest absolute Gasteiger partial charge is 0.494 e. The van der Waals surface area contributed by atoms with Crippen LogP contribution >= 0.6 is 0 Å². The molecule has 1 amide bonds. The van der Waals surface area contributed by atoms with Crippen LogP contribution in [0.1, 0.15) is 36.5 Å². The van der Waals surface area contributed by atoms with Crippen molar-refractivity contribution >= 4 is 17.7 Å². The molecule has 0 radical (unpaired) electrons. The molecule has 1 rings (SSSR count). The third kappa shape index (κ3) is 8.18. The van der Waals surface area contributed by atoms with Crippen LogP contribution in [0.2, 0.25) is 0 Å². The van der Waals surface area contributed by atoms with Crippen molar-refractivity contribution in [3.8, 4) is 5.75 Å². The maximum absolute atomic E-state index is 12.2. The molecule has 0 aromatic heterocycles. The highest BCUT2D eigenvalue weighted by Crippen LogP contribution is 2.21. The topological polar surface area (TPSA) is 92.7 Å². The molecule has 0 aliphatic carbocycles. The van der Waals surface area contributed by atoms with Gasteiger partial charge >= 0.3 is 12.1 Å². The Morgan fingerprint density at radius 2 is 1.80 bits per heavy atom. The number of carbonyl (C=O) groups is 3. The molecule has 0 saturated carbocycles. The van der Waals surface area contributed by atoms with Crippen molar-refractivity contribution in [2.75, 3.05) is 6.61 Å². The molecule has 0 spiro atoms. The van der Waals surface area contributed by atoms with E-state index in [1.807, 2.05) is 5.32 Å². The lowest BCUT2D eigenvalue weighted by Gasteiger charge is -2.16. The van der Waals surface area contributed by atoms with Gasteiger partial charge in [0.05, 0.1) is 13.0 Å². The number of carboxylic acid groups (broad SMARTS) is 1. The number of Topliss-reactive ketones (excluding diaryl/α,β-unsaturated/α-hetero) is 1. The zero-order chi connectivity index (χ0) is 19.0. The first kappa shape index (κ1) is 20.5. The van der Waals surface area contributed by atoms with Gasteiger partial charge in [0, 0.05) is 12.0 Å². The van der Waals surface area contributed by atoms with Crippen molar-refractivity contribution in [2.24, 2.45) is 0 Å². The molecule has 138 valence electrons. The van der Waals surface area contributed by atoms with E-state index in [1.165, 1.54) is 6.92 Å². The number of hydrogen-bond acceptors (Lipinski definition) is 4. The van der Waals surface area contributed by atoms with E-state index in [4.69, 9.17) is 9.84 Å². The first-order chi connectivity index (χ1) is 11.6. The van der Waals surface area contributed by atoms with E-state index < -0.39 is 30.5 Å². The number of hydrogen-bond donors (Lipinski definition) is 2. The van der Waals surface area contributed by atoms with Gasteiger partial charge in [-0.15, -0.1) is 0 Å². The summed E-state index contributed by atoms with van der Waals surface area (Å²) >= 11 is 0. The highest BCUT2D eigenvalue weighted by molar-refractivity contribution is 5.94. The lowest BCUT2D eigenvalue weighted by Crippen LogP contribution is -2.43. The van der Waals surface area contributed by atoms with Crippen LogP contribution in [0.4, 0.5) is 13.2 Å². The number of carboxylic acids is 1. The third-order valence-corrected chi connectivity index (χ3v) is 3.15. The molecule has 1 aromatic rings. The van der Waals surface area contributed by atoms with Crippen molar-refractivity contribution in [2.45, 2.75) is 38.4 Å². The summed E-state index contributed by atoms with van der Waals surface area (Å²) in [7, 11) is 0. The smallest absolute Gasteiger partial charge is 0.391 e. The predicted octanol–water partition coefficient (Wildman–Crippen LogP) is 2.57. The molecule has 1 aromatic carbocycles. The van der Waals surface area contributed by atoms with Crippen LogP contribution in [-0.4, -0.2) is 41.6 Å². The Hall–Kier alpha value is -2.58. The highest BCUT2D eigenvalue weighted by atomic mass is 19.4. The Morgan fingerprint density at radius 3 is 2.28 bits per heavy atom. The minimum Gasteiger partial charge on any atom is -0.494 e. The molecular formula is C16H18F3NO5. The lowest BCUT2D eigenvalue weighted by atomic mass is 10.1. The second-order valence-electron chi connectivity index (χ2n) is 5.31. The van der Waals surface area contributed by atoms with Gasteiger partial charge in [0.2, 0.25) is 5.91 Å². The minimum atomic E-state index is -4.69. The van der Waals surface area contributed by atoms with E-state index in [0.717, 1.165) is 0 Å². The number of carbonyl (C=O) groups excluding carboxylic acids is 2. The molecule has 2 N–H and O–H groups in total. The van der Waals surface area contributed by atoms with Crippen LogP contribution < -0.4 is 10.1 Å². The molecule has 1 atom stereocenters. The van der Waals surface area contributed by atoms with Gasteiger partial charge in [-0.2, -0.15) is 13.2 Å². The molecule has 1 unspecified atom stereocenters. The molecule has 0 fully saturated rings. The number of aliphatic carboxylic acids is 1. The van der Waals surface area contributed by atoms with Gasteiger partial charge < -0.3 is 15.2 Å². The number of benzene rings is 1. The molecule has 25 heavy (non-hydrogen) atoms. The van der Waals surface area contributed by atoms with Gasteiger partial charge in [-0.05, 0) is 37.6 Å². The van der Waals surface area contributed by atoms with E-state index in [2.05, 4.69) is 0 Å². The Labute approximate surface area is 142 Å². The second kappa shape index (κ2) is 9.05. The zero-order valence-electron chi connectivity index (χ0n) is 13.4. The summed E-state index contributed by atoms with van der Waals surface area (Å²) in [6.07, 6.45) is -6.30. The number of rotatable bonds is 9. The van der Waals surface area contributed by atoms with Crippen molar-refractivity contribution < 1.29 is 37.4 Å². The number of nitrogens with one attached hydrogen (secondary N) is 1. The number of ether oxygens (including phenoxy) is 1. The van der Waals surface area contributed by atoms with Crippen LogP contribution in [-0.2, 0) is 9.59 Å². The summed E-state index contributed by atoms with van der Waals surface area (Å²) in [6, 6.07) is 4.33. The molecule has 0 heterocycles. The van der Waals surface area contributed by atoms with Crippen LogP contribution in [0.5, 0.6) is 5.75 Å². The van der Waals surface area contributed by atoms with E-state index in [9.17, 15) is 27.6 Å². The lowest BCUT2D eigenvalue weighted by molar-refractivity contribution is -0.160. The molecule has 6 nitrogen and oxygen atoms in total. The van der Waals surface area contributed by atoms with Gasteiger partial charge in [0.15, 0.2) is 5.78 Å². The van der Waals surface area contributed by atoms with Crippen LogP contribution in [0.25, 0.3) is 0 Å². The number of halogens is 3. The predicted molar refractivity (Wildman–Crippen MR) is 81.4 cm³/mol. The SMILES string of the molecule is CC(=O)c1ccc(OCCCC(=O)NC(CC(F)(F)F)C(=O)O)cc1. The van der Waals surface area contributed by atoms with Gasteiger partial charge in [-0.3, -0.25) is 9.59 Å². The maximum Gasteiger partial charge on any atom is 0.391 e. The average molecular weight is 361 g/mol. The number of ketones is 1. The van der Waals surface area contributed by atoms with Gasteiger partial charge in [-0.1, -0.05) is 0 Å². The Balaban J connectivity index is 2.36. The summed E-state index contributed by atoms with van der Waals surface area (Å²) in [6.45, 7) is 1.54. The summed E-state index contributed by atoms with van der Waals surface area (Å²) < 4.78 is 42.0. The van der Waals surface area contributed by atoms with Gasteiger partial charge in [0.1, 0.15) is 11.8 Å². The first-order valence-electron chi connectivity index (χ1n) is 7.41. The Morgan fingerprint density at radius 1 is 1.20 bits per heavy atom. The fourth-order valence-corrected chi connectivity index (χ4v) is 1.91. The van der Waals surface area contributed by atoms with Crippen molar-refractivity contribution in [3.63, 3.8) is 0 Å². The minimum absolute atomic E-state index is 0.0879. The first-order valence-corrected chi connectivity index (χ1v) is 7.41. The van der Waals surface area contributed by atoms with E-state index >= 15 is 0 Å². The van der Waals surface area contributed by atoms with Crippen LogP contribution in [0, 0.1) is 0 Å². The average Bonchev–Trinajstić information content (AvgIpc) is 2.50. The van der Waals surface area contributed by atoms with Crippen molar-refractivity contribution in [3.05, 3.63) is 29.8 Å². The third-order valence-electron chi connectivity index (χ3n) is 3.15. The van der Waals surface area contributed by atoms with Crippen molar-refractivity contribution in [1.82, 2.24) is 5.32 Å². The molecule has 0 aliphatic rings. The fraction of sp³-hybridized carbons (Fsp3) is 0.438. The summed E-state index contributed by atoms with van der Waals surface area (Å²) in [4.78, 5) is 33.4. The molecular weight excluding hydrogens is 343 g/mol. The Bertz CT molecular complexity index is 613. The number of alkyl halides is 3. The summed E-state index contributed by atoms with van der Waals surface area (Å²) in [5, 5.41) is 10.5. The zero-order valence-corrected chi connectivity index (χ0v) is 13.4. The van der Waals surface area contributed by atoms with E-state index in [-0.39, 0.29) is 25.2 Å². The van der Waals surface area contributed by atoms with E-state index in [0.29, 0.717) is 11.3 Å². The van der Waals surface area contributed by atoms with Gasteiger partial charge in [-0.25, -0.2) is 4.79 Å². The van der Waals surface area contributed by atoms with Crippen molar-refractivity contribution in [1.29, 1.82) is 0 Å². The maximum atomic E-state index is 12.2. The molecule has 9 heteroatoms. The molecule has 0 aliphatic heterocycles. The summed E-state index contributed by atoms with van der Waals surface area (Å²) in [5.74, 6) is -2.15.